The Labute approximate surface area is 265 Å². The van der Waals surface area contributed by atoms with E-state index in [1.54, 1.807) is 0 Å². The molecule has 2 nitrogen and oxygen atoms in total. The van der Waals surface area contributed by atoms with Crippen molar-refractivity contribution in [2.45, 2.75) is 40.0 Å². The second kappa shape index (κ2) is 10.7. The van der Waals surface area contributed by atoms with Gasteiger partial charge in [0, 0.05) is 28.2 Å². The Hall–Kier alpha value is -5.21. The lowest BCUT2D eigenvalue weighted by molar-refractivity contribution is 0.103. The van der Waals surface area contributed by atoms with Crippen molar-refractivity contribution < 1.29 is 4.79 Å². The maximum atomic E-state index is 14.0. The number of ketones is 1. The molecule has 2 aliphatic rings. The number of fused-ring (bicyclic) bond motifs is 4. The first-order valence-corrected chi connectivity index (χ1v) is 15.9. The summed E-state index contributed by atoms with van der Waals surface area (Å²) in [6, 6.07) is 43.5. The lowest BCUT2D eigenvalue weighted by atomic mass is 9.78. The minimum Gasteiger partial charge on any atom is -0.310 e. The third-order valence-electron chi connectivity index (χ3n) is 9.61. The summed E-state index contributed by atoms with van der Waals surface area (Å²) in [5.74, 6) is 0.154. The van der Waals surface area contributed by atoms with Crippen molar-refractivity contribution in [1.29, 1.82) is 0 Å². The second-order valence-electron chi connectivity index (χ2n) is 12.7. The molecule has 0 aliphatic heterocycles. The summed E-state index contributed by atoms with van der Waals surface area (Å²) < 4.78 is 0. The Bertz CT molecular complexity index is 2060. The highest BCUT2D eigenvalue weighted by Crippen LogP contribution is 2.40. The van der Waals surface area contributed by atoms with Crippen molar-refractivity contribution in [2.75, 3.05) is 4.90 Å². The molecule has 0 bridgehead atoms. The molecule has 2 heteroatoms. The molecule has 0 saturated carbocycles. The number of anilines is 3. The van der Waals surface area contributed by atoms with Gasteiger partial charge in [-0.1, -0.05) is 78.4 Å². The number of carbonyl (C=O) groups excluding carboxylic acids is 1. The van der Waals surface area contributed by atoms with Crippen molar-refractivity contribution in [3.8, 4) is 11.1 Å². The van der Waals surface area contributed by atoms with Crippen LogP contribution >= 0.6 is 0 Å². The van der Waals surface area contributed by atoms with E-state index >= 15 is 0 Å². The molecule has 0 amide bonds. The van der Waals surface area contributed by atoms with Crippen LogP contribution in [0.2, 0.25) is 0 Å². The van der Waals surface area contributed by atoms with Crippen LogP contribution in [0.3, 0.4) is 0 Å². The summed E-state index contributed by atoms with van der Waals surface area (Å²) in [4.78, 5) is 16.4. The summed E-state index contributed by atoms with van der Waals surface area (Å²) in [7, 11) is 0. The zero-order chi connectivity index (χ0) is 30.7. The van der Waals surface area contributed by atoms with Crippen LogP contribution in [0.4, 0.5) is 17.1 Å². The molecule has 0 radical (unpaired) electrons. The van der Waals surface area contributed by atoms with Crippen LogP contribution in [0.25, 0.3) is 11.1 Å². The van der Waals surface area contributed by atoms with Gasteiger partial charge >= 0.3 is 0 Å². The quantitative estimate of drug-likeness (QED) is 0.206. The Morgan fingerprint density at radius 3 is 1.71 bits per heavy atom. The summed E-state index contributed by atoms with van der Waals surface area (Å²) in [6.07, 6.45) is 2.50. The Morgan fingerprint density at radius 2 is 1.02 bits per heavy atom. The summed E-state index contributed by atoms with van der Waals surface area (Å²) >= 11 is 0. The minimum atomic E-state index is 0.154. The van der Waals surface area contributed by atoms with E-state index in [4.69, 9.17) is 0 Å². The Morgan fingerprint density at radius 1 is 0.467 bits per heavy atom. The lowest BCUT2D eigenvalue weighted by Gasteiger charge is -2.29. The number of para-hydroxylation sites is 2. The maximum Gasteiger partial charge on any atom is 0.193 e. The Kier molecular flexibility index (Phi) is 6.53. The van der Waals surface area contributed by atoms with E-state index in [9.17, 15) is 4.79 Å². The van der Waals surface area contributed by atoms with Crippen LogP contribution in [0.1, 0.15) is 66.0 Å². The van der Waals surface area contributed by atoms with Crippen molar-refractivity contribution in [2.24, 2.45) is 0 Å². The minimum absolute atomic E-state index is 0.154. The number of benzene rings is 6. The second-order valence-corrected chi connectivity index (χ2v) is 12.7. The van der Waals surface area contributed by atoms with Gasteiger partial charge in [-0.3, -0.25) is 4.79 Å². The van der Waals surface area contributed by atoms with Gasteiger partial charge in [0.1, 0.15) is 0 Å². The smallest absolute Gasteiger partial charge is 0.193 e. The molecule has 0 atom stereocenters. The van der Waals surface area contributed by atoms with Crippen LogP contribution in [-0.4, -0.2) is 5.78 Å². The SMILES string of the molecule is Cc1cc(C)c(-c2ccc3c(c2)C(=O)c2cc4c(cc2C3)Cc2cc(N(c3ccccc3)c3ccccc3)ccc2C4)c(C)c1. The van der Waals surface area contributed by atoms with Gasteiger partial charge in [-0.15, -0.1) is 0 Å². The molecule has 0 spiro atoms. The maximum absolute atomic E-state index is 14.0. The van der Waals surface area contributed by atoms with Gasteiger partial charge in [-0.2, -0.15) is 0 Å². The van der Waals surface area contributed by atoms with E-state index in [0.717, 1.165) is 64.1 Å². The molecule has 218 valence electrons. The number of hydrogen-bond acceptors (Lipinski definition) is 2. The summed E-state index contributed by atoms with van der Waals surface area (Å²) in [5, 5.41) is 0. The van der Waals surface area contributed by atoms with Crippen molar-refractivity contribution in [3.05, 3.63) is 183 Å². The van der Waals surface area contributed by atoms with Crippen molar-refractivity contribution in [1.82, 2.24) is 0 Å². The van der Waals surface area contributed by atoms with E-state index in [2.05, 4.69) is 147 Å². The Balaban J connectivity index is 1.13. The predicted molar refractivity (Wildman–Crippen MR) is 186 cm³/mol. The van der Waals surface area contributed by atoms with Crippen LogP contribution in [0.15, 0.2) is 121 Å². The van der Waals surface area contributed by atoms with Crippen LogP contribution in [-0.2, 0) is 19.3 Å². The van der Waals surface area contributed by atoms with Crippen LogP contribution in [0.5, 0.6) is 0 Å². The molecule has 0 saturated heterocycles. The van der Waals surface area contributed by atoms with Gasteiger partial charge in [0.15, 0.2) is 5.78 Å². The zero-order valence-corrected chi connectivity index (χ0v) is 26.0. The molecule has 0 N–H and O–H groups in total. The highest BCUT2D eigenvalue weighted by molar-refractivity contribution is 6.13. The number of rotatable bonds is 4. The fourth-order valence-electron chi connectivity index (χ4n) is 7.61. The highest BCUT2D eigenvalue weighted by Gasteiger charge is 2.27. The molecule has 0 unspecified atom stereocenters. The molecule has 2 aliphatic carbocycles. The molecule has 8 rings (SSSR count). The molecular weight excluding hydrogens is 546 g/mol. The van der Waals surface area contributed by atoms with E-state index < -0.39 is 0 Å². The molecule has 0 aromatic heterocycles. The van der Waals surface area contributed by atoms with Gasteiger partial charge < -0.3 is 4.90 Å². The van der Waals surface area contributed by atoms with Crippen LogP contribution in [0, 0.1) is 20.8 Å². The van der Waals surface area contributed by atoms with E-state index in [1.807, 2.05) is 0 Å². The van der Waals surface area contributed by atoms with Gasteiger partial charge in [-0.25, -0.2) is 0 Å². The fraction of sp³-hybridized carbons (Fsp3) is 0.140. The normalized spacial score (nSPS) is 13.0. The van der Waals surface area contributed by atoms with Gasteiger partial charge in [0.05, 0.1) is 0 Å². The highest BCUT2D eigenvalue weighted by atomic mass is 16.1. The summed E-state index contributed by atoms with van der Waals surface area (Å²) in [5.41, 5.74) is 18.9. The number of carbonyl (C=O) groups is 1. The zero-order valence-electron chi connectivity index (χ0n) is 26.0. The first-order valence-electron chi connectivity index (χ1n) is 15.9. The number of nitrogens with zero attached hydrogens (tertiary/aromatic N) is 1. The topological polar surface area (TPSA) is 20.3 Å². The molecule has 6 aromatic carbocycles. The van der Waals surface area contributed by atoms with Gasteiger partial charge in [-0.05, 0) is 144 Å². The number of hydrogen-bond donors (Lipinski definition) is 0. The third kappa shape index (κ3) is 4.78. The lowest BCUT2D eigenvalue weighted by Crippen LogP contribution is -2.18. The van der Waals surface area contributed by atoms with E-state index in [0.29, 0.717) is 0 Å². The van der Waals surface area contributed by atoms with Crippen LogP contribution < -0.4 is 4.90 Å². The monoisotopic (exact) mass is 581 g/mol. The molecule has 0 heterocycles. The predicted octanol–water partition coefficient (Wildman–Crippen LogP) is 10.4. The van der Waals surface area contributed by atoms with Crippen molar-refractivity contribution in [3.63, 3.8) is 0 Å². The third-order valence-corrected chi connectivity index (χ3v) is 9.61. The fourth-order valence-corrected chi connectivity index (χ4v) is 7.61. The van der Waals surface area contributed by atoms with Crippen molar-refractivity contribution >= 4 is 22.8 Å². The van der Waals surface area contributed by atoms with Gasteiger partial charge in [0.25, 0.3) is 0 Å². The summed E-state index contributed by atoms with van der Waals surface area (Å²) in [6.45, 7) is 6.47. The molecule has 6 aromatic rings. The molecule has 0 fully saturated rings. The standard InChI is InChI=1S/C43H35NO/c1-27-18-28(2)42(29(3)19-27)32-15-14-31-21-36-23-33-22-34-24-39(44(37-10-6-4-7-11-37)38-12-8-5-9-13-38)17-16-30(34)20-35(33)26-41(36)43(45)40(31)25-32/h4-19,23-26H,20-22H2,1-3H3. The first kappa shape index (κ1) is 27.3. The van der Waals surface area contributed by atoms with E-state index in [1.165, 1.54) is 44.5 Å². The molecular formula is C43H35NO. The first-order chi connectivity index (χ1) is 21.9. The largest absolute Gasteiger partial charge is 0.310 e. The average Bonchev–Trinajstić information content (AvgIpc) is 3.04. The molecule has 45 heavy (non-hydrogen) atoms. The average molecular weight is 582 g/mol. The number of aryl methyl sites for hydroxylation is 3. The van der Waals surface area contributed by atoms with E-state index in [-0.39, 0.29) is 5.78 Å². The van der Waals surface area contributed by atoms with Gasteiger partial charge in [0.2, 0.25) is 0 Å².